The van der Waals surface area contributed by atoms with Gasteiger partial charge in [-0.1, -0.05) is 0 Å². The van der Waals surface area contributed by atoms with Gasteiger partial charge in [0.05, 0.1) is 0 Å². The van der Waals surface area contributed by atoms with Gasteiger partial charge in [0, 0.05) is 0 Å². The molecule has 0 amide bonds. The van der Waals surface area contributed by atoms with Gasteiger partial charge in [0.25, 0.3) is 0 Å². The Bertz CT molecular complexity index is 231. The summed E-state index contributed by atoms with van der Waals surface area (Å²) in [5.41, 5.74) is 0.113. The molecule has 1 aliphatic rings. The summed E-state index contributed by atoms with van der Waals surface area (Å²) in [6.07, 6.45) is 6.94. The molecule has 77 valence electrons. The molecule has 0 aromatic heterocycles. The van der Waals surface area contributed by atoms with E-state index in [1.165, 1.54) is 6.42 Å². The molecule has 0 aliphatic heterocycles. The molecule has 0 aromatic carbocycles. The molecular weight excluding hydrogens is 167 g/mol. The van der Waals surface area contributed by atoms with Crippen LogP contribution in [0.4, 0.5) is 0 Å². The zero-order valence-corrected chi connectivity index (χ0v) is 9.96. The fraction of sp³-hybridized carbons (Fsp3) is 0.769. The van der Waals surface area contributed by atoms with Crippen molar-refractivity contribution in [3.05, 3.63) is 12.2 Å². The number of hydrogen-bond acceptors (Lipinski definition) is 0. The zero-order chi connectivity index (χ0) is 10.8. The van der Waals surface area contributed by atoms with E-state index in [4.69, 9.17) is 7.49 Å². The van der Waals surface area contributed by atoms with Crippen LogP contribution in [0.5, 0.6) is 0 Å². The van der Waals surface area contributed by atoms with Gasteiger partial charge in [-0.3, -0.25) is 0 Å². The molecule has 1 heteroatoms. The van der Waals surface area contributed by atoms with Crippen LogP contribution in [0.3, 0.4) is 0 Å². The summed E-state index contributed by atoms with van der Waals surface area (Å²) < 4.78 is 0. The predicted molar refractivity (Wildman–Crippen MR) is 65.8 cm³/mol. The van der Waals surface area contributed by atoms with Crippen LogP contribution in [0, 0.1) is 23.2 Å². The Morgan fingerprint density at radius 1 is 1.43 bits per heavy atom. The Morgan fingerprint density at radius 2 is 2.07 bits per heavy atom. The molecular formula is C13H22B. The van der Waals surface area contributed by atoms with Crippen LogP contribution in [0.15, 0.2) is 12.2 Å². The van der Waals surface area contributed by atoms with Gasteiger partial charge in [0.1, 0.15) is 0 Å². The molecule has 0 nitrogen and oxygen atoms in total. The topological polar surface area (TPSA) is 0 Å². The molecule has 4 unspecified atom stereocenters. The molecule has 0 bridgehead atoms. The monoisotopic (exact) mass is 189 g/mol. The summed E-state index contributed by atoms with van der Waals surface area (Å²) in [5, 5.41) is 0. The Balaban J connectivity index is 2.70. The van der Waals surface area contributed by atoms with Crippen molar-refractivity contribution in [2.24, 2.45) is 23.2 Å². The van der Waals surface area contributed by atoms with Crippen molar-refractivity contribution in [1.82, 2.24) is 0 Å². The molecule has 1 rings (SSSR count). The van der Waals surface area contributed by atoms with Crippen molar-refractivity contribution >= 4 is 13.5 Å². The quantitative estimate of drug-likeness (QED) is 0.470. The standard InChI is InChI=1S/C13H22B/c1-5-6-7-13(4,9-14)12-8-10(2)11(12)3/h6-7,9-12H,5,8H2,1-4H3/b7-6-. The second-order valence-electron chi connectivity index (χ2n) is 5.02. The fourth-order valence-corrected chi connectivity index (χ4v) is 2.53. The summed E-state index contributed by atoms with van der Waals surface area (Å²) in [5.74, 6) is 4.30. The molecule has 1 fully saturated rings. The van der Waals surface area contributed by atoms with Gasteiger partial charge in [-0.15, -0.1) is 0 Å². The number of hydrogen-bond donors (Lipinski definition) is 0. The van der Waals surface area contributed by atoms with Crippen LogP contribution < -0.4 is 0 Å². The first kappa shape index (κ1) is 11.7. The third kappa shape index (κ3) is 2.02. The molecule has 1 saturated carbocycles. The van der Waals surface area contributed by atoms with Gasteiger partial charge in [0.15, 0.2) is 0 Å². The van der Waals surface area contributed by atoms with Crippen LogP contribution in [0.1, 0.15) is 40.5 Å². The Morgan fingerprint density at radius 3 is 2.43 bits per heavy atom. The van der Waals surface area contributed by atoms with Crippen LogP contribution in [-0.4, -0.2) is 13.5 Å². The second-order valence-corrected chi connectivity index (χ2v) is 5.02. The number of rotatable bonds is 4. The fourth-order valence-electron chi connectivity index (χ4n) is 2.53. The minimum absolute atomic E-state index is 0.113. The van der Waals surface area contributed by atoms with E-state index in [2.05, 4.69) is 39.8 Å². The van der Waals surface area contributed by atoms with E-state index in [-0.39, 0.29) is 5.41 Å². The molecule has 0 spiro atoms. The van der Waals surface area contributed by atoms with Crippen molar-refractivity contribution in [2.45, 2.75) is 40.5 Å². The van der Waals surface area contributed by atoms with Crippen LogP contribution in [0.25, 0.3) is 0 Å². The second kappa shape index (κ2) is 4.46. The zero-order valence-electron chi connectivity index (χ0n) is 9.96. The van der Waals surface area contributed by atoms with Crippen LogP contribution >= 0.6 is 0 Å². The Kier molecular flexibility index (Phi) is 3.75. The van der Waals surface area contributed by atoms with Gasteiger partial charge < -0.3 is 0 Å². The summed E-state index contributed by atoms with van der Waals surface area (Å²) in [6, 6.07) is 0. The molecule has 1 aliphatic carbocycles. The van der Waals surface area contributed by atoms with E-state index in [0.717, 1.165) is 24.2 Å². The van der Waals surface area contributed by atoms with E-state index in [1.54, 1.807) is 0 Å². The Hall–Kier alpha value is -0.325. The average Bonchev–Trinajstić information content (AvgIpc) is 2.22. The third-order valence-corrected chi connectivity index (χ3v) is 4.03. The van der Waals surface area contributed by atoms with Gasteiger partial charge >= 0.3 is 89.3 Å². The normalized spacial score (nSPS) is 36.4. The van der Waals surface area contributed by atoms with Crippen molar-refractivity contribution in [3.63, 3.8) is 0 Å². The molecule has 0 saturated heterocycles. The molecule has 0 aromatic rings. The SMILES string of the molecule is [B]=CC(C)(/C=C\CC)C1CC(C)C1C. The predicted octanol–water partition coefficient (Wildman–Crippen LogP) is 3.22. The number of allylic oxidation sites excluding steroid dienone is 2. The minimum atomic E-state index is 0.113. The maximum atomic E-state index is 5.79. The van der Waals surface area contributed by atoms with E-state index >= 15 is 0 Å². The van der Waals surface area contributed by atoms with Crippen LogP contribution in [-0.2, 0) is 0 Å². The van der Waals surface area contributed by atoms with Gasteiger partial charge in [-0.2, -0.15) is 0 Å². The van der Waals surface area contributed by atoms with Crippen molar-refractivity contribution in [2.75, 3.05) is 0 Å². The van der Waals surface area contributed by atoms with Crippen molar-refractivity contribution in [3.8, 4) is 0 Å². The van der Waals surface area contributed by atoms with Crippen molar-refractivity contribution in [1.29, 1.82) is 0 Å². The van der Waals surface area contributed by atoms with Crippen LogP contribution in [0.2, 0.25) is 0 Å². The molecule has 1 radical (unpaired) electrons. The summed E-state index contributed by atoms with van der Waals surface area (Å²) in [6.45, 7) is 9.11. The first-order chi connectivity index (χ1) is 6.55. The van der Waals surface area contributed by atoms with Crippen molar-refractivity contribution < 1.29 is 0 Å². The average molecular weight is 189 g/mol. The summed E-state index contributed by atoms with van der Waals surface area (Å²) in [7, 11) is 5.79. The van der Waals surface area contributed by atoms with E-state index in [9.17, 15) is 0 Å². The molecule has 0 heterocycles. The Labute approximate surface area is 89.9 Å². The summed E-state index contributed by atoms with van der Waals surface area (Å²) >= 11 is 0. The first-order valence-corrected chi connectivity index (χ1v) is 5.79. The third-order valence-electron chi connectivity index (χ3n) is 4.03. The maximum absolute atomic E-state index is 5.79. The van der Waals surface area contributed by atoms with Gasteiger partial charge in [-0.05, 0) is 0 Å². The van der Waals surface area contributed by atoms with E-state index in [1.807, 2.05) is 5.97 Å². The summed E-state index contributed by atoms with van der Waals surface area (Å²) in [4.78, 5) is 0. The molecule has 0 N–H and O–H groups in total. The molecule has 14 heavy (non-hydrogen) atoms. The molecule has 4 atom stereocenters. The van der Waals surface area contributed by atoms with Gasteiger partial charge in [-0.25, -0.2) is 0 Å². The van der Waals surface area contributed by atoms with E-state index < -0.39 is 0 Å². The van der Waals surface area contributed by atoms with Gasteiger partial charge in [0.2, 0.25) is 0 Å². The van der Waals surface area contributed by atoms with E-state index in [0.29, 0.717) is 0 Å². The first-order valence-electron chi connectivity index (χ1n) is 5.79.